The molecule has 0 aliphatic rings. The van der Waals surface area contributed by atoms with Gasteiger partial charge < -0.3 is 9.64 Å². The Bertz CT molecular complexity index is 1090. The SMILES string of the molecule is CCN(CC)c1ccc(C(=O)NNC(=O)COC(=O)c2cc(S(C)(=O)=O)ccc2C)cc1. The maximum Gasteiger partial charge on any atom is 0.338 e. The van der Waals surface area contributed by atoms with Crippen molar-refractivity contribution in [1.29, 1.82) is 0 Å². The Kier molecular flexibility index (Phi) is 8.36. The van der Waals surface area contributed by atoms with Crippen LogP contribution in [0.25, 0.3) is 0 Å². The van der Waals surface area contributed by atoms with Gasteiger partial charge in [0.25, 0.3) is 11.8 Å². The van der Waals surface area contributed by atoms with Crippen molar-refractivity contribution in [2.24, 2.45) is 0 Å². The Morgan fingerprint density at radius 3 is 2.16 bits per heavy atom. The highest BCUT2D eigenvalue weighted by atomic mass is 32.2. The number of anilines is 1. The molecule has 0 saturated heterocycles. The number of rotatable bonds is 8. The van der Waals surface area contributed by atoms with Crippen LogP contribution in [0.4, 0.5) is 5.69 Å². The van der Waals surface area contributed by atoms with E-state index >= 15 is 0 Å². The summed E-state index contributed by atoms with van der Waals surface area (Å²) in [6.07, 6.45) is 1.03. The summed E-state index contributed by atoms with van der Waals surface area (Å²) in [5.74, 6) is -2.11. The van der Waals surface area contributed by atoms with Gasteiger partial charge in [0, 0.05) is 30.6 Å². The first-order valence-corrected chi connectivity index (χ1v) is 11.9. The summed E-state index contributed by atoms with van der Waals surface area (Å²) in [6.45, 7) is 6.73. The molecule has 0 radical (unpaired) electrons. The third kappa shape index (κ3) is 6.55. The van der Waals surface area contributed by atoms with Crippen LogP contribution >= 0.6 is 0 Å². The van der Waals surface area contributed by atoms with Gasteiger partial charge in [0.05, 0.1) is 10.5 Å². The highest BCUT2D eigenvalue weighted by Crippen LogP contribution is 2.17. The predicted molar refractivity (Wildman–Crippen MR) is 120 cm³/mol. The predicted octanol–water partition coefficient (Wildman–Crippen LogP) is 1.86. The second-order valence-corrected chi connectivity index (χ2v) is 9.06. The molecule has 0 aliphatic heterocycles. The van der Waals surface area contributed by atoms with Gasteiger partial charge in [-0.1, -0.05) is 6.07 Å². The molecule has 32 heavy (non-hydrogen) atoms. The fourth-order valence-corrected chi connectivity index (χ4v) is 3.55. The van der Waals surface area contributed by atoms with E-state index in [0.29, 0.717) is 11.1 Å². The minimum absolute atomic E-state index is 0.0289. The number of ether oxygens (including phenoxy) is 1. The number of sulfone groups is 1. The quantitative estimate of drug-likeness (QED) is 0.454. The Hall–Kier alpha value is -3.40. The van der Waals surface area contributed by atoms with E-state index < -0.39 is 34.2 Å². The molecular weight excluding hydrogens is 434 g/mol. The minimum atomic E-state index is -3.50. The lowest BCUT2D eigenvalue weighted by atomic mass is 10.1. The number of carbonyl (C=O) groups is 3. The molecule has 10 heteroatoms. The van der Waals surface area contributed by atoms with Crippen LogP contribution in [0.2, 0.25) is 0 Å². The number of carbonyl (C=O) groups excluding carboxylic acids is 3. The van der Waals surface area contributed by atoms with Gasteiger partial charge in [-0.2, -0.15) is 0 Å². The number of nitrogens with zero attached hydrogens (tertiary/aromatic N) is 1. The van der Waals surface area contributed by atoms with Crippen molar-refractivity contribution in [3.63, 3.8) is 0 Å². The molecule has 0 fully saturated rings. The van der Waals surface area contributed by atoms with Crippen LogP contribution in [0.5, 0.6) is 0 Å². The van der Waals surface area contributed by atoms with Crippen LogP contribution < -0.4 is 15.8 Å². The van der Waals surface area contributed by atoms with E-state index in [4.69, 9.17) is 4.74 Å². The summed E-state index contributed by atoms with van der Waals surface area (Å²) >= 11 is 0. The van der Waals surface area contributed by atoms with Gasteiger partial charge in [-0.15, -0.1) is 0 Å². The summed E-state index contributed by atoms with van der Waals surface area (Å²) in [5.41, 5.74) is 6.31. The first-order chi connectivity index (χ1) is 15.1. The van der Waals surface area contributed by atoms with E-state index in [1.807, 2.05) is 26.0 Å². The van der Waals surface area contributed by atoms with E-state index in [0.717, 1.165) is 25.0 Å². The highest BCUT2D eigenvalue weighted by molar-refractivity contribution is 7.90. The van der Waals surface area contributed by atoms with Gasteiger partial charge in [0.1, 0.15) is 0 Å². The molecule has 9 nitrogen and oxygen atoms in total. The Labute approximate surface area is 187 Å². The molecule has 2 aromatic carbocycles. The number of hydrogen-bond donors (Lipinski definition) is 2. The molecule has 0 atom stereocenters. The number of nitrogens with one attached hydrogen (secondary N) is 2. The van der Waals surface area contributed by atoms with Crippen molar-refractivity contribution in [2.75, 3.05) is 30.9 Å². The zero-order valence-corrected chi connectivity index (χ0v) is 19.3. The van der Waals surface area contributed by atoms with Gasteiger partial charge in [-0.3, -0.25) is 20.4 Å². The fourth-order valence-electron chi connectivity index (χ4n) is 2.91. The molecule has 0 bridgehead atoms. The number of hydrogen-bond acceptors (Lipinski definition) is 7. The average molecular weight is 462 g/mol. The number of amides is 2. The maximum absolute atomic E-state index is 12.3. The number of esters is 1. The van der Waals surface area contributed by atoms with E-state index in [9.17, 15) is 22.8 Å². The maximum atomic E-state index is 12.3. The Morgan fingerprint density at radius 2 is 1.59 bits per heavy atom. The molecule has 0 saturated carbocycles. The summed E-state index contributed by atoms with van der Waals surface area (Å²) in [6, 6.07) is 11.0. The molecule has 0 unspecified atom stereocenters. The molecule has 0 heterocycles. The molecule has 0 aromatic heterocycles. The minimum Gasteiger partial charge on any atom is -0.452 e. The number of aryl methyl sites for hydroxylation is 1. The van der Waals surface area contributed by atoms with Gasteiger partial charge in [0.2, 0.25) is 0 Å². The fraction of sp³-hybridized carbons (Fsp3) is 0.318. The third-order valence-electron chi connectivity index (χ3n) is 4.76. The molecule has 2 aromatic rings. The van der Waals surface area contributed by atoms with Crippen LogP contribution in [-0.4, -0.2) is 52.2 Å². The molecule has 0 aliphatic carbocycles. The topological polar surface area (TPSA) is 122 Å². The van der Waals surface area contributed by atoms with Gasteiger partial charge in [-0.05, 0) is 62.7 Å². The molecule has 0 spiro atoms. The van der Waals surface area contributed by atoms with Crippen molar-refractivity contribution < 1.29 is 27.5 Å². The summed E-state index contributed by atoms with van der Waals surface area (Å²) in [5, 5.41) is 0. The second kappa shape index (κ2) is 10.8. The van der Waals surface area contributed by atoms with E-state index in [2.05, 4.69) is 15.8 Å². The van der Waals surface area contributed by atoms with Crippen LogP contribution in [0.1, 0.15) is 40.1 Å². The zero-order valence-electron chi connectivity index (χ0n) is 18.5. The first-order valence-electron chi connectivity index (χ1n) is 9.98. The summed E-state index contributed by atoms with van der Waals surface area (Å²) < 4.78 is 28.3. The van der Waals surface area contributed by atoms with Gasteiger partial charge in [-0.25, -0.2) is 13.2 Å². The first kappa shape index (κ1) is 24.9. The molecular formula is C22H27N3O6S. The number of hydrazine groups is 1. The second-order valence-electron chi connectivity index (χ2n) is 7.05. The largest absolute Gasteiger partial charge is 0.452 e. The number of benzene rings is 2. The lowest BCUT2D eigenvalue weighted by Gasteiger charge is -2.21. The molecule has 172 valence electrons. The van der Waals surface area contributed by atoms with Crippen molar-refractivity contribution >= 4 is 33.3 Å². The van der Waals surface area contributed by atoms with E-state index in [1.54, 1.807) is 19.1 Å². The van der Waals surface area contributed by atoms with Gasteiger partial charge in [0.15, 0.2) is 16.4 Å². The molecule has 2 rings (SSSR count). The van der Waals surface area contributed by atoms with Crippen molar-refractivity contribution in [1.82, 2.24) is 10.9 Å². The smallest absolute Gasteiger partial charge is 0.338 e. The van der Waals surface area contributed by atoms with Crippen LogP contribution in [0.3, 0.4) is 0 Å². The van der Waals surface area contributed by atoms with Crippen LogP contribution in [0, 0.1) is 6.92 Å². The zero-order chi connectivity index (χ0) is 23.9. The Morgan fingerprint density at radius 1 is 0.969 bits per heavy atom. The van der Waals surface area contributed by atoms with Crippen LogP contribution in [-0.2, 0) is 19.4 Å². The van der Waals surface area contributed by atoms with Gasteiger partial charge >= 0.3 is 5.97 Å². The third-order valence-corrected chi connectivity index (χ3v) is 5.88. The highest BCUT2D eigenvalue weighted by Gasteiger charge is 2.17. The van der Waals surface area contributed by atoms with E-state index in [1.165, 1.54) is 18.2 Å². The normalized spacial score (nSPS) is 10.9. The van der Waals surface area contributed by atoms with Crippen LogP contribution in [0.15, 0.2) is 47.4 Å². The van der Waals surface area contributed by atoms with Crippen molar-refractivity contribution in [3.8, 4) is 0 Å². The van der Waals surface area contributed by atoms with Crippen molar-refractivity contribution in [2.45, 2.75) is 25.7 Å². The monoisotopic (exact) mass is 461 g/mol. The lowest BCUT2D eigenvalue weighted by molar-refractivity contribution is -0.125. The summed E-state index contributed by atoms with van der Waals surface area (Å²) in [4.78, 5) is 38.5. The standard InChI is InChI=1S/C22H27N3O6S/c1-5-25(6-2)17-10-8-16(9-11-17)21(27)24-23-20(26)14-31-22(28)19-13-18(32(4,29)30)12-7-15(19)3/h7-13H,5-6,14H2,1-4H3,(H,23,26)(H,24,27). The van der Waals surface area contributed by atoms with E-state index in [-0.39, 0.29) is 10.5 Å². The van der Waals surface area contributed by atoms with Crippen molar-refractivity contribution in [3.05, 3.63) is 59.2 Å². The molecule has 2 amide bonds. The Balaban J connectivity index is 1.90. The lowest BCUT2D eigenvalue weighted by Crippen LogP contribution is -2.43. The average Bonchev–Trinajstić information content (AvgIpc) is 2.76. The molecule has 2 N–H and O–H groups in total. The summed E-state index contributed by atoms with van der Waals surface area (Å²) in [7, 11) is -3.50.